The highest BCUT2D eigenvalue weighted by molar-refractivity contribution is 9.10. The lowest BCUT2D eigenvalue weighted by Crippen LogP contribution is -2.41. The SMILES string of the molecule is NC(=O)C(NC(=O)C1CC(=O)N(c2ccccc2Br)C1)c1ccccc1. The van der Waals surface area contributed by atoms with Crippen molar-refractivity contribution in [2.45, 2.75) is 12.5 Å². The molecule has 2 aromatic rings. The molecule has 7 heteroatoms. The van der Waals surface area contributed by atoms with Gasteiger partial charge in [-0.15, -0.1) is 0 Å². The van der Waals surface area contributed by atoms with Crippen LogP contribution in [0.5, 0.6) is 0 Å². The highest BCUT2D eigenvalue weighted by Crippen LogP contribution is 2.31. The zero-order chi connectivity index (χ0) is 18.7. The van der Waals surface area contributed by atoms with Crippen LogP contribution in [-0.4, -0.2) is 24.3 Å². The number of benzene rings is 2. The van der Waals surface area contributed by atoms with Crippen LogP contribution in [0.25, 0.3) is 0 Å². The lowest BCUT2D eigenvalue weighted by molar-refractivity contribution is -0.130. The third-order valence-corrected chi connectivity index (χ3v) is 5.01. The van der Waals surface area contributed by atoms with E-state index in [0.717, 1.165) is 10.2 Å². The van der Waals surface area contributed by atoms with Gasteiger partial charge in [-0.2, -0.15) is 0 Å². The number of nitrogens with one attached hydrogen (secondary N) is 1. The lowest BCUT2D eigenvalue weighted by atomic mass is 10.0. The van der Waals surface area contributed by atoms with E-state index in [1.807, 2.05) is 30.3 Å². The molecule has 0 saturated carbocycles. The number of hydrogen-bond donors (Lipinski definition) is 2. The van der Waals surface area contributed by atoms with E-state index in [-0.39, 0.29) is 24.8 Å². The van der Waals surface area contributed by atoms with E-state index in [0.29, 0.717) is 5.56 Å². The molecule has 0 spiro atoms. The monoisotopic (exact) mass is 415 g/mol. The summed E-state index contributed by atoms with van der Waals surface area (Å²) in [6, 6.07) is 15.2. The predicted molar refractivity (Wildman–Crippen MR) is 101 cm³/mol. The van der Waals surface area contributed by atoms with Crippen molar-refractivity contribution in [2.75, 3.05) is 11.4 Å². The molecule has 0 aliphatic carbocycles. The third kappa shape index (κ3) is 3.77. The molecule has 3 amide bonds. The first-order valence-corrected chi connectivity index (χ1v) is 8.96. The molecule has 1 saturated heterocycles. The van der Waals surface area contributed by atoms with Crippen molar-refractivity contribution in [3.05, 3.63) is 64.6 Å². The van der Waals surface area contributed by atoms with Gasteiger partial charge in [0.05, 0.1) is 11.6 Å². The van der Waals surface area contributed by atoms with Gasteiger partial charge >= 0.3 is 0 Å². The van der Waals surface area contributed by atoms with Crippen LogP contribution < -0.4 is 16.0 Å². The molecule has 2 unspecified atom stereocenters. The van der Waals surface area contributed by atoms with Crippen molar-refractivity contribution in [3.63, 3.8) is 0 Å². The van der Waals surface area contributed by atoms with E-state index in [2.05, 4.69) is 21.2 Å². The molecule has 1 heterocycles. The molecule has 2 atom stereocenters. The van der Waals surface area contributed by atoms with Crippen LogP contribution >= 0.6 is 15.9 Å². The normalized spacial score (nSPS) is 17.8. The van der Waals surface area contributed by atoms with Crippen molar-refractivity contribution in [1.29, 1.82) is 0 Å². The van der Waals surface area contributed by atoms with Gasteiger partial charge in [-0.25, -0.2) is 0 Å². The molecule has 26 heavy (non-hydrogen) atoms. The smallest absolute Gasteiger partial charge is 0.244 e. The van der Waals surface area contributed by atoms with Gasteiger partial charge in [-0.1, -0.05) is 42.5 Å². The minimum atomic E-state index is -0.920. The summed E-state index contributed by atoms with van der Waals surface area (Å²) in [7, 11) is 0. The Hall–Kier alpha value is -2.67. The number of nitrogens with two attached hydrogens (primary N) is 1. The van der Waals surface area contributed by atoms with Crippen molar-refractivity contribution in [3.8, 4) is 0 Å². The van der Waals surface area contributed by atoms with E-state index < -0.39 is 17.9 Å². The van der Waals surface area contributed by atoms with Gasteiger partial charge in [0.2, 0.25) is 17.7 Å². The average Bonchev–Trinajstić information content (AvgIpc) is 3.02. The second-order valence-electron chi connectivity index (χ2n) is 6.11. The van der Waals surface area contributed by atoms with Crippen molar-refractivity contribution in [2.24, 2.45) is 11.7 Å². The second-order valence-corrected chi connectivity index (χ2v) is 6.97. The van der Waals surface area contributed by atoms with Gasteiger partial charge in [-0.3, -0.25) is 14.4 Å². The number of carbonyl (C=O) groups excluding carboxylic acids is 3. The maximum atomic E-state index is 12.6. The Bertz CT molecular complexity index is 841. The summed E-state index contributed by atoms with van der Waals surface area (Å²) in [5.74, 6) is -1.68. The van der Waals surface area contributed by atoms with Gasteiger partial charge in [0.25, 0.3) is 0 Å². The number of carbonyl (C=O) groups is 3. The molecular formula is C19H18BrN3O3. The molecular weight excluding hydrogens is 398 g/mol. The maximum Gasteiger partial charge on any atom is 0.244 e. The van der Waals surface area contributed by atoms with Crippen LogP contribution in [0.4, 0.5) is 5.69 Å². The Morgan fingerprint density at radius 1 is 1.12 bits per heavy atom. The fraction of sp³-hybridized carbons (Fsp3) is 0.211. The number of rotatable bonds is 5. The Morgan fingerprint density at radius 2 is 1.77 bits per heavy atom. The number of amides is 3. The zero-order valence-electron chi connectivity index (χ0n) is 13.9. The Labute approximate surface area is 159 Å². The fourth-order valence-electron chi connectivity index (χ4n) is 3.01. The largest absolute Gasteiger partial charge is 0.368 e. The first kappa shape index (κ1) is 18.1. The summed E-state index contributed by atoms with van der Waals surface area (Å²) < 4.78 is 0.786. The van der Waals surface area contributed by atoms with Gasteiger partial charge in [0.1, 0.15) is 6.04 Å². The minimum absolute atomic E-state index is 0.0907. The number of halogens is 1. The summed E-state index contributed by atoms with van der Waals surface area (Å²) >= 11 is 3.43. The maximum absolute atomic E-state index is 12.6. The molecule has 0 bridgehead atoms. The van der Waals surface area contributed by atoms with Crippen LogP contribution in [0.15, 0.2) is 59.1 Å². The Kier molecular flexibility index (Phi) is 5.37. The molecule has 0 radical (unpaired) electrons. The van der Waals surface area contributed by atoms with Crippen molar-refractivity contribution >= 4 is 39.3 Å². The number of hydrogen-bond acceptors (Lipinski definition) is 3. The Morgan fingerprint density at radius 3 is 2.42 bits per heavy atom. The van der Waals surface area contributed by atoms with Gasteiger partial charge in [0.15, 0.2) is 0 Å². The predicted octanol–water partition coefficient (Wildman–Crippen LogP) is 2.14. The summed E-state index contributed by atoms with van der Waals surface area (Å²) in [5.41, 5.74) is 6.78. The van der Waals surface area contributed by atoms with E-state index in [4.69, 9.17) is 5.73 Å². The molecule has 1 aliphatic heterocycles. The highest BCUT2D eigenvalue weighted by Gasteiger charge is 2.37. The number of para-hydroxylation sites is 1. The molecule has 1 aliphatic rings. The van der Waals surface area contributed by atoms with Gasteiger partial charge in [-0.05, 0) is 33.6 Å². The highest BCUT2D eigenvalue weighted by atomic mass is 79.9. The molecule has 2 aromatic carbocycles. The topological polar surface area (TPSA) is 92.5 Å². The van der Waals surface area contributed by atoms with E-state index in [9.17, 15) is 14.4 Å². The number of anilines is 1. The summed E-state index contributed by atoms with van der Waals surface area (Å²) in [5, 5.41) is 2.68. The van der Waals surface area contributed by atoms with E-state index in [1.165, 1.54) is 0 Å². The third-order valence-electron chi connectivity index (χ3n) is 4.34. The molecule has 3 rings (SSSR count). The molecule has 3 N–H and O–H groups in total. The van der Waals surface area contributed by atoms with Crippen LogP contribution in [-0.2, 0) is 14.4 Å². The summed E-state index contributed by atoms with van der Waals surface area (Å²) in [6.45, 7) is 0.257. The quantitative estimate of drug-likeness (QED) is 0.783. The molecule has 6 nitrogen and oxygen atoms in total. The standard InChI is InChI=1S/C19H18BrN3O3/c20-14-8-4-5-9-15(14)23-11-13(10-16(23)24)19(26)22-17(18(21)25)12-6-2-1-3-7-12/h1-9,13,17H,10-11H2,(H2,21,25)(H,22,26). The van der Waals surface area contributed by atoms with E-state index in [1.54, 1.807) is 29.2 Å². The average molecular weight is 416 g/mol. The van der Waals surface area contributed by atoms with Crippen LogP contribution in [0, 0.1) is 5.92 Å². The molecule has 134 valence electrons. The van der Waals surface area contributed by atoms with Gasteiger partial charge in [0, 0.05) is 17.4 Å². The second kappa shape index (κ2) is 7.70. The first-order valence-electron chi connectivity index (χ1n) is 8.17. The van der Waals surface area contributed by atoms with Crippen molar-refractivity contribution < 1.29 is 14.4 Å². The summed E-state index contributed by atoms with van der Waals surface area (Å²) in [6.07, 6.45) is 0.0907. The Balaban J connectivity index is 1.73. The zero-order valence-corrected chi connectivity index (χ0v) is 15.5. The van der Waals surface area contributed by atoms with Crippen LogP contribution in [0.3, 0.4) is 0 Å². The molecule has 0 aromatic heterocycles. The van der Waals surface area contributed by atoms with Crippen molar-refractivity contribution in [1.82, 2.24) is 5.32 Å². The van der Waals surface area contributed by atoms with Gasteiger partial charge < -0.3 is 16.0 Å². The van der Waals surface area contributed by atoms with E-state index >= 15 is 0 Å². The van der Waals surface area contributed by atoms with Crippen LogP contribution in [0.1, 0.15) is 18.0 Å². The lowest BCUT2D eigenvalue weighted by Gasteiger charge is -2.20. The fourth-order valence-corrected chi connectivity index (χ4v) is 3.51. The molecule has 1 fully saturated rings. The van der Waals surface area contributed by atoms with Crippen LogP contribution in [0.2, 0.25) is 0 Å². The minimum Gasteiger partial charge on any atom is -0.368 e. The number of nitrogens with zero attached hydrogens (tertiary/aromatic N) is 1. The number of primary amides is 1. The summed E-state index contributed by atoms with van der Waals surface area (Å²) in [4.78, 5) is 38.3. The first-order chi connectivity index (χ1) is 12.5.